The van der Waals surface area contributed by atoms with E-state index in [1.165, 1.54) is 12.1 Å². The molecular weight excluding hydrogens is 591 g/mol. The lowest BCUT2D eigenvalue weighted by molar-refractivity contribution is -0.136. The van der Waals surface area contributed by atoms with Gasteiger partial charge in [0.2, 0.25) is 9.84 Å². The van der Waals surface area contributed by atoms with Crippen molar-refractivity contribution < 1.29 is 17.9 Å². The standard InChI is InChI=1S/C29H22Cl2N2O5S2/c1-2-38-29(35)24-23(18-10-14-20(31)15-11-18)25(40(36,37)21-6-4-3-5-7-21)26(32)33-27(34)22(39-28(24)33)16-17-8-12-19(30)13-9-17/h3-16,23H,2,32H2,1H3/b22-16-. The van der Waals surface area contributed by atoms with Gasteiger partial charge in [0.1, 0.15) is 15.4 Å². The molecule has 0 bridgehead atoms. The lowest BCUT2D eigenvalue weighted by Crippen LogP contribution is -2.41. The summed E-state index contributed by atoms with van der Waals surface area (Å²) in [5, 5.41) is 0.959. The van der Waals surface area contributed by atoms with Crippen LogP contribution in [0.3, 0.4) is 0 Å². The van der Waals surface area contributed by atoms with Crippen molar-refractivity contribution in [2.45, 2.75) is 17.7 Å². The number of fused-ring (bicyclic) bond motifs is 1. The van der Waals surface area contributed by atoms with Gasteiger partial charge in [-0.2, -0.15) is 0 Å². The molecule has 0 amide bonds. The summed E-state index contributed by atoms with van der Waals surface area (Å²) in [6.45, 7) is 1.68. The number of sulfone groups is 1. The maximum atomic E-state index is 14.2. The first-order valence-electron chi connectivity index (χ1n) is 12.1. The number of esters is 1. The second-order valence-corrected chi connectivity index (χ2v) is 12.6. The van der Waals surface area contributed by atoms with Gasteiger partial charge in [-0.25, -0.2) is 13.2 Å². The summed E-state index contributed by atoms with van der Waals surface area (Å²) in [6.07, 6.45) is 1.63. The first-order valence-corrected chi connectivity index (χ1v) is 15.1. The number of thiazole rings is 1. The van der Waals surface area contributed by atoms with Crippen molar-refractivity contribution in [2.75, 3.05) is 6.61 Å². The second-order valence-electron chi connectivity index (χ2n) is 8.79. The number of hydrogen-bond donors (Lipinski definition) is 1. The minimum Gasteiger partial charge on any atom is -0.463 e. The van der Waals surface area contributed by atoms with E-state index < -0.39 is 27.3 Å². The van der Waals surface area contributed by atoms with Gasteiger partial charge in [-0.05, 0) is 60.5 Å². The monoisotopic (exact) mass is 612 g/mol. The maximum Gasteiger partial charge on any atom is 0.338 e. The third-order valence-corrected chi connectivity index (χ3v) is 9.84. The smallest absolute Gasteiger partial charge is 0.338 e. The molecule has 3 aromatic carbocycles. The quantitative estimate of drug-likeness (QED) is 0.328. The number of hydrogen-bond acceptors (Lipinski definition) is 7. The molecule has 0 fully saturated rings. The molecule has 1 aliphatic heterocycles. The number of carbonyl (C=O) groups excluding carboxylic acids is 1. The van der Waals surface area contributed by atoms with Crippen molar-refractivity contribution in [3.8, 4) is 0 Å². The van der Waals surface area contributed by atoms with Crippen molar-refractivity contribution in [1.29, 1.82) is 0 Å². The highest BCUT2D eigenvalue weighted by molar-refractivity contribution is 7.95. The number of halogens is 2. The molecule has 5 rings (SSSR count). The van der Waals surface area contributed by atoms with E-state index in [9.17, 15) is 18.0 Å². The zero-order valence-electron chi connectivity index (χ0n) is 21.0. The molecule has 204 valence electrons. The number of carbonyl (C=O) groups is 1. The van der Waals surface area contributed by atoms with Crippen molar-refractivity contribution in [3.05, 3.63) is 124 Å². The molecule has 40 heavy (non-hydrogen) atoms. The predicted octanol–water partition coefficient (Wildman–Crippen LogP) is 4.12. The average Bonchev–Trinajstić information content (AvgIpc) is 3.26. The summed E-state index contributed by atoms with van der Waals surface area (Å²) in [5.74, 6) is -2.21. The fourth-order valence-electron chi connectivity index (χ4n) is 4.51. The van der Waals surface area contributed by atoms with Crippen LogP contribution >= 0.6 is 34.5 Å². The molecule has 1 atom stereocenters. The summed E-state index contributed by atoms with van der Waals surface area (Å²) in [4.78, 5) is 27.0. The lowest BCUT2D eigenvalue weighted by atomic mass is 9.89. The zero-order valence-corrected chi connectivity index (χ0v) is 24.2. The Balaban J connectivity index is 1.92. The van der Waals surface area contributed by atoms with Crippen LogP contribution in [0.25, 0.3) is 17.5 Å². The highest BCUT2D eigenvalue weighted by Crippen LogP contribution is 2.42. The summed E-state index contributed by atoms with van der Waals surface area (Å²) in [6, 6.07) is 21.0. The first-order chi connectivity index (χ1) is 19.1. The number of ether oxygens (including phenoxy) is 1. The number of allylic oxidation sites excluding steroid dienone is 1. The number of benzene rings is 3. The van der Waals surface area contributed by atoms with Crippen LogP contribution in [-0.4, -0.2) is 25.6 Å². The first kappa shape index (κ1) is 27.9. The van der Waals surface area contributed by atoms with E-state index in [2.05, 4.69) is 0 Å². The molecule has 1 aliphatic rings. The van der Waals surface area contributed by atoms with Crippen LogP contribution in [0.1, 0.15) is 24.0 Å². The summed E-state index contributed by atoms with van der Waals surface area (Å²) < 4.78 is 35.2. The lowest BCUT2D eigenvalue weighted by Gasteiger charge is -2.28. The van der Waals surface area contributed by atoms with Gasteiger partial charge < -0.3 is 10.5 Å². The van der Waals surface area contributed by atoms with Gasteiger partial charge >= 0.3 is 5.97 Å². The van der Waals surface area contributed by atoms with Gasteiger partial charge in [0.05, 0.1) is 27.5 Å². The van der Waals surface area contributed by atoms with Crippen molar-refractivity contribution in [3.63, 3.8) is 0 Å². The van der Waals surface area contributed by atoms with Crippen LogP contribution in [0, 0.1) is 0 Å². The Hall–Kier alpha value is -3.63. The normalized spacial score (nSPS) is 15.7. The molecule has 0 radical (unpaired) electrons. The van der Waals surface area contributed by atoms with E-state index in [0.717, 1.165) is 15.9 Å². The molecule has 4 aromatic rings. The van der Waals surface area contributed by atoms with Gasteiger partial charge in [0, 0.05) is 10.0 Å². The minimum absolute atomic E-state index is 0.00858. The van der Waals surface area contributed by atoms with Gasteiger partial charge in [-0.1, -0.05) is 65.7 Å². The highest BCUT2D eigenvalue weighted by atomic mass is 35.5. The molecule has 0 saturated heterocycles. The third-order valence-electron chi connectivity index (χ3n) is 6.31. The van der Waals surface area contributed by atoms with Crippen LogP contribution in [0.4, 0.5) is 0 Å². The van der Waals surface area contributed by atoms with Crippen LogP contribution in [-0.2, 0) is 19.4 Å². The van der Waals surface area contributed by atoms with Crippen molar-refractivity contribution in [2.24, 2.45) is 5.73 Å². The molecule has 2 heterocycles. The van der Waals surface area contributed by atoms with Crippen LogP contribution in [0.2, 0.25) is 10.0 Å². The topological polar surface area (TPSA) is 108 Å². The van der Waals surface area contributed by atoms with E-state index in [1.54, 1.807) is 79.7 Å². The third kappa shape index (κ3) is 5.01. The second kappa shape index (κ2) is 11.1. The van der Waals surface area contributed by atoms with Gasteiger partial charge in [0.15, 0.2) is 0 Å². The fraction of sp³-hybridized carbons (Fsp3) is 0.103. The van der Waals surface area contributed by atoms with E-state index in [1.807, 2.05) is 0 Å². The Morgan fingerprint density at radius 3 is 2.20 bits per heavy atom. The molecule has 1 aromatic heterocycles. The van der Waals surface area contributed by atoms with Gasteiger partial charge in [-0.15, -0.1) is 11.3 Å². The van der Waals surface area contributed by atoms with Crippen molar-refractivity contribution in [1.82, 2.24) is 4.57 Å². The number of nitrogens with two attached hydrogens (primary N) is 1. The van der Waals surface area contributed by atoms with E-state index in [0.29, 0.717) is 21.2 Å². The number of nitrogens with zero attached hydrogens (tertiary/aromatic N) is 1. The molecule has 1 unspecified atom stereocenters. The summed E-state index contributed by atoms with van der Waals surface area (Å²) >= 11 is 13.2. The Labute approximate surface area is 244 Å². The fourth-order valence-corrected chi connectivity index (χ4v) is 7.63. The molecule has 2 N–H and O–H groups in total. The molecule has 0 aliphatic carbocycles. The van der Waals surface area contributed by atoms with Crippen LogP contribution in [0.15, 0.2) is 93.5 Å². The average molecular weight is 614 g/mol. The molecule has 7 nitrogen and oxygen atoms in total. The molecule has 11 heteroatoms. The highest BCUT2D eigenvalue weighted by Gasteiger charge is 2.42. The predicted molar refractivity (Wildman–Crippen MR) is 158 cm³/mol. The zero-order chi connectivity index (χ0) is 28.6. The largest absolute Gasteiger partial charge is 0.463 e. The molecular formula is C29H22Cl2N2O5S2. The van der Waals surface area contributed by atoms with Crippen LogP contribution in [0.5, 0.6) is 0 Å². The van der Waals surface area contributed by atoms with Gasteiger partial charge in [0.25, 0.3) is 5.56 Å². The maximum absolute atomic E-state index is 14.2. The van der Waals surface area contributed by atoms with E-state index in [-0.39, 0.29) is 37.0 Å². The van der Waals surface area contributed by atoms with Crippen LogP contribution < -0.4 is 20.5 Å². The van der Waals surface area contributed by atoms with Gasteiger partial charge in [-0.3, -0.25) is 9.36 Å². The Bertz CT molecular complexity index is 1930. The Morgan fingerprint density at radius 2 is 1.60 bits per heavy atom. The minimum atomic E-state index is -4.30. The summed E-state index contributed by atoms with van der Waals surface area (Å²) in [7, 11) is -4.30. The number of aromatic nitrogens is 1. The SMILES string of the molecule is CCOC(=O)C1=c2s/c(=C\c3ccc(Cl)cc3)c(=O)n2C(N)=C(S(=O)(=O)c2ccccc2)C1c1ccc(Cl)cc1. The van der Waals surface area contributed by atoms with Crippen molar-refractivity contribution >= 4 is 67.8 Å². The summed E-state index contributed by atoms with van der Waals surface area (Å²) in [5.41, 5.74) is 7.14. The Morgan fingerprint density at radius 1 is 1.00 bits per heavy atom. The number of rotatable bonds is 6. The van der Waals surface area contributed by atoms with E-state index in [4.69, 9.17) is 33.7 Å². The molecule has 0 saturated carbocycles. The molecule has 0 spiro atoms. The Kier molecular flexibility index (Phi) is 7.74. The van der Waals surface area contributed by atoms with E-state index >= 15 is 0 Å².